The molecule has 3 heterocycles. The smallest absolute Gasteiger partial charge is 0.164 e. The van der Waals surface area contributed by atoms with Crippen LogP contribution < -0.4 is 0 Å². The van der Waals surface area contributed by atoms with Gasteiger partial charge in [0, 0.05) is 39.0 Å². The number of nitrogens with zero attached hydrogens (tertiary/aromatic N) is 6. The predicted molar refractivity (Wildman–Crippen MR) is 174 cm³/mol. The molecular weight excluding hydrogens is 540 g/mol. The number of aromatic nitrogens is 5. The Labute approximate surface area is 253 Å². The van der Waals surface area contributed by atoms with Gasteiger partial charge in [-0.1, -0.05) is 84.9 Å². The molecule has 0 aliphatic rings. The van der Waals surface area contributed by atoms with Gasteiger partial charge in [-0.2, -0.15) is 5.26 Å². The summed E-state index contributed by atoms with van der Waals surface area (Å²) in [7, 11) is 0. The Balaban J connectivity index is 1.32. The van der Waals surface area contributed by atoms with Gasteiger partial charge in [0.1, 0.15) is 0 Å². The molecule has 204 valence electrons. The summed E-state index contributed by atoms with van der Waals surface area (Å²) in [6.45, 7) is 0. The van der Waals surface area contributed by atoms with Crippen LogP contribution in [0, 0.1) is 11.3 Å². The highest BCUT2D eigenvalue weighted by Crippen LogP contribution is 2.36. The zero-order valence-corrected chi connectivity index (χ0v) is 23.4. The Hall–Kier alpha value is -6.32. The van der Waals surface area contributed by atoms with Crippen LogP contribution in [0.25, 0.3) is 78.0 Å². The Kier molecular flexibility index (Phi) is 6.06. The van der Waals surface area contributed by atoms with Crippen molar-refractivity contribution in [3.8, 4) is 51.4 Å². The van der Waals surface area contributed by atoms with Gasteiger partial charge in [-0.15, -0.1) is 0 Å². The SMILES string of the molecule is N#Cc1ccc2nc3c(cc(-c4cccc(-c5nc(-c6ccccc6)nc(-c6ccccc6)n5)c4)c4cccnc43)cc2c1. The van der Waals surface area contributed by atoms with E-state index < -0.39 is 0 Å². The Morgan fingerprint density at radius 3 is 1.84 bits per heavy atom. The summed E-state index contributed by atoms with van der Waals surface area (Å²) < 4.78 is 0. The maximum Gasteiger partial charge on any atom is 0.164 e. The van der Waals surface area contributed by atoms with Crippen molar-refractivity contribution < 1.29 is 0 Å². The average Bonchev–Trinajstić information content (AvgIpc) is 3.11. The first-order valence-corrected chi connectivity index (χ1v) is 14.2. The quantitative estimate of drug-likeness (QED) is 0.158. The zero-order chi connectivity index (χ0) is 29.5. The molecule has 6 heteroatoms. The molecule has 8 rings (SSSR count). The summed E-state index contributed by atoms with van der Waals surface area (Å²) >= 11 is 0. The van der Waals surface area contributed by atoms with E-state index in [0.717, 1.165) is 60.5 Å². The molecule has 0 saturated carbocycles. The average molecular weight is 563 g/mol. The van der Waals surface area contributed by atoms with E-state index in [0.29, 0.717) is 23.0 Å². The molecule has 0 unspecified atom stereocenters. The molecule has 0 N–H and O–H groups in total. The van der Waals surface area contributed by atoms with Crippen LogP contribution in [0.4, 0.5) is 0 Å². The monoisotopic (exact) mass is 562 g/mol. The molecule has 0 spiro atoms. The van der Waals surface area contributed by atoms with Crippen LogP contribution >= 0.6 is 0 Å². The molecule has 0 aliphatic heterocycles. The van der Waals surface area contributed by atoms with Gasteiger partial charge in [-0.25, -0.2) is 19.9 Å². The maximum atomic E-state index is 9.43. The second-order valence-corrected chi connectivity index (χ2v) is 10.5. The van der Waals surface area contributed by atoms with E-state index in [-0.39, 0.29) is 0 Å². The zero-order valence-electron chi connectivity index (χ0n) is 23.4. The third kappa shape index (κ3) is 4.50. The highest BCUT2D eigenvalue weighted by atomic mass is 15.0. The van der Waals surface area contributed by atoms with E-state index in [2.05, 4.69) is 36.4 Å². The first-order valence-electron chi connectivity index (χ1n) is 14.2. The van der Waals surface area contributed by atoms with Crippen molar-refractivity contribution in [3.63, 3.8) is 0 Å². The van der Waals surface area contributed by atoms with E-state index >= 15 is 0 Å². The summed E-state index contributed by atoms with van der Waals surface area (Å²) in [6, 6.07) is 44.3. The largest absolute Gasteiger partial charge is 0.254 e. The number of benzene rings is 5. The summed E-state index contributed by atoms with van der Waals surface area (Å²) in [5.74, 6) is 1.84. The molecule has 44 heavy (non-hydrogen) atoms. The minimum atomic E-state index is 0.597. The van der Waals surface area contributed by atoms with Gasteiger partial charge in [-0.05, 0) is 53.6 Å². The summed E-state index contributed by atoms with van der Waals surface area (Å²) in [5.41, 5.74) is 7.86. The van der Waals surface area contributed by atoms with Crippen molar-refractivity contribution in [3.05, 3.63) is 139 Å². The van der Waals surface area contributed by atoms with E-state index in [4.69, 9.17) is 24.9 Å². The molecule has 0 amide bonds. The molecule has 0 bridgehead atoms. The van der Waals surface area contributed by atoms with Crippen LogP contribution in [0.3, 0.4) is 0 Å². The summed E-state index contributed by atoms with van der Waals surface area (Å²) in [5, 5.41) is 12.3. The number of rotatable bonds is 4. The topological polar surface area (TPSA) is 88.2 Å². The lowest BCUT2D eigenvalue weighted by atomic mass is 9.95. The summed E-state index contributed by atoms with van der Waals surface area (Å²) in [4.78, 5) is 24.4. The molecule has 0 aliphatic carbocycles. The van der Waals surface area contributed by atoms with Crippen molar-refractivity contribution in [2.24, 2.45) is 0 Å². The van der Waals surface area contributed by atoms with Crippen LogP contribution in [-0.4, -0.2) is 24.9 Å². The van der Waals surface area contributed by atoms with Gasteiger partial charge in [0.25, 0.3) is 0 Å². The molecule has 0 atom stereocenters. The van der Waals surface area contributed by atoms with Crippen LogP contribution in [0.1, 0.15) is 5.56 Å². The second kappa shape index (κ2) is 10.5. The molecule has 0 fully saturated rings. The maximum absolute atomic E-state index is 9.43. The molecule has 0 saturated heterocycles. The van der Waals surface area contributed by atoms with E-state index in [9.17, 15) is 5.26 Å². The Morgan fingerprint density at radius 2 is 1.14 bits per heavy atom. The number of hydrogen-bond acceptors (Lipinski definition) is 6. The fourth-order valence-corrected chi connectivity index (χ4v) is 5.61. The van der Waals surface area contributed by atoms with Gasteiger partial charge in [0.15, 0.2) is 17.5 Å². The molecule has 0 radical (unpaired) electrons. The lowest BCUT2D eigenvalue weighted by molar-refractivity contribution is 1.07. The summed E-state index contributed by atoms with van der Waals surface area (Å²) in [6.07, 6.45) is 1.80. The van der Waals surface area contributed by atoms with Crippen LogP contribution in [-0.2, 0) is 0 Å². The predicted octanol–water partition coefficient (Wildman–Crippen LogP) is 8.66. The third-order valence-electron chi connectivity index (χ3n) is 7.73. The van der Waals surface area contributed by atoms with Gasteiger partial charge in [0.2, 0.25) is 0 Å². The second-order valence-electron chi connectivity index (χ2n) is 10.5. The van der Waals surface area contributed by atoms with E-state index in [1.807, 2.05) is 91.0 Å². The number of fused-ring (bicyclic) bond motifs is 4. The molecule has 3 aromatic heterocycles. The normalized spacial score (nSPS) is 11.2. The Bertz CT molecular complexity index is 2340. The fraction of sp³-hybridized carbons (Fsp3) is 0. The van der Waals surface area contributed by atoms with Gasteiger partial charge >= 0.3 is 0 Å². The van der Waals surface area contributed by atoms with E-state index in [1.54, 1.807) is 12.3 Å². The van der Waals surface area contributed by atoms with Gasteiger partial charge < -0.3 is 0 Å². The van der Waals surface area contributed by atoms with Crippen molar-refractivity contribution in [1.29, 1.82) is 5.26 Å². The van der Waals surface area contributed by atoms with Crippen LogP contribution in [0.5, 0.6) is 0 Å². The lowest BCUT2D eigenvalue weighted by Gasteiger charge is -2.12. The van der Waals surface area contributed by atoms with Crippen molar-refractivity contribution in [2.75, 3.05) is 0 Å². The molecule has 8 aromatic rings. The van der Waals surface area contributed by atoms with Crippen molar-refractivity contribution in [2.45, 2.75) is 0 Å². The van der Waals surface area contributed by atoms with Crippen LogP contribution in [0.2, 0.25) is 0 Å². The van der Waals surface area contributed by atoms with Gasteiger partial charge in [0.05, 0.1) is 28.2 Å². The van der Waals surface area contributed by atoms with Gasteiger partial charge in [-0.3, -0.25) is 4.98 Å². The standard InChI is InChI=1S/C38H22N6/c39-23-24-16-17-33-29(19-24)21-30-22-32(31-15-8-18-40-35(31)34(30)41-33)27-13-7-14-28(20-27)38-43-36(25-9-3-1-4-10-25)42-37(44-38)26-11-5-2-6-12-26/h1-22H. The molecule has 5 aromatic carbocycles. The van der Waals surface area contributed by atoms with Crippen LogP contribution in [0.15, 0.2) is 134 Å². The first-order chi connectivity index (χ1) is 21.7. The first kappa shape index (κ1) is 25.4. The lowest BCUT2D eigenvalue weighted by Crippen LogP contribution is -2.00. The van der Waals surface area contributed by atoms with Crippen molar-refractivity contribution in [1.82, 2.24) is 24.9 Å². The minimum absolute atomic E-state index is 0.597. The minimum Gasteiger partial charge on any atom is -0.254 e. The van der Waals surface area contributed by atoms with Crippen molar-refractivity contribution >= 4 is 32.7 Å². The highest BCUT2D eigenvalue weighted by molar-refractivity contribution is 6.12. The van der Waals surface area contributed by atoms with E-state index in [1.165, 1.54) is 0 Å². The Morgan fingerprint density at radius 1 is 0.477 bits per heavy atom. The third-order valence-corrected chi connectivity index (χ3v) is 7.73. The number of hydrogen-bond donors (Lipinski definition) is 0. The fourth-order valence-electron chi connectivity index (χ4n) is 5.61. The number of nitriles is 1. The molecule has 6 nitrogen and oxygen atoms in total. The number of pyridine rings is 2. The molecular formula is C38H22N6. The highest BCUT2D eigenvalue weighted by Gasteiger charge is 2.15.